The molecule has 3 heterocycles. The smallest absolute Gasteiger partial charge is 0.410 e. The van der Waals surface area contributed by atoms with Crippen LogP contribution in [0.3, 0.4) is 0 Å². The summed E-state index contributed by atoms with van der Waals surface area (Å²) < 4.78 is 12.3. The van der Waals surface area contributed by atoms with Crippen molar-refractivity contribution < 1.29 is 18.7 Å². The minimum Gasteiger partial charge on any atom is -0.467 e. The van der Waals surface area contributed by atoms with Crippen LogP contribution in [-0.4, -0.2) is 38.8 Å². The van der Waals surface area contributed by atoms with Crippen molar-refractivity contribution in [3.63, 3.8) is 0 Å². The van der Waals surface area contributed by atoms with Crippen LogP contribution in [0.4, 0.5) is 4.79 Å². The molecule has 1 aliphatic rings. The number of hydrogen-bond acceptors (Lipinski definition) is 5. The highest BCUT2D eigenvalue weighted by molar-refractivity contribution is 5.94. The Morgan fingerprint density at radius 2 is 2.15 bits per heavy atom. The summed E-state index contributed by atoms with van der Waals surface area (Å²) in [6.07, 6.45) is 1.77. The fourth-order valence-electron chi connectivity index (χ4n) is 2.90. The van der Waals surface area contributed by atoms with Crippen molar-refractivity contribution in [3.8, 4) is 0 Å². The highest BCUT2D eigenvalue weighted by Crippen LogP contribution is 2.23. The molecule has 0 spiro atoms. The van der Waals surface area contributed by atoms with E-state index in [9.17, 15) is 9.59 Å². The molecular formula is C18H24N4O4. The van der Waals surface area contributed by atoms with Gasteiger partial charge in [-0.2, -0.15) is 5.10 Å². The van der Waals surface area contributed by atoms with E-state index in [2.05, 4.69) is 10.4 Å². The standard InChI is InChI=1S/C18H24N4O4/c1-18(2,3)26-17(24)22-8-7-13-14(11-22)21(4)20-15(13)16(23)19-10-12-6-5-9-25-12/h5-6,9H,7-8,10-11H2,1-4H3,(H,19,23). The first-order valence-corrected chi connectivity index (χ1v) is 8.58. The van der Waals surface area contributed by atoms with Gasteiger partial charge in [-0.05, 0) is 39.3 Å². The largest absolute Gasteiger partial charge is 0.467 e. The number of nitrogens with one attached hydrogen (secondary N) is 1. The summed E-state index contributed by atoms with van der Waals surface area (Å²) in [5, 5.41) is 7.17. The molecule has 8 heteroatoms. The van der Waals surface area contributed by atoms with Crippen molar-refractivity contribution in [2.75, 3.05) is 6.54 Å². The van der Waals surface area contributed by atoms with Gasteiger partial charge in [0.1, 0.15) is 11.4 Å². The van der Waals surface area contributed by atoms with Gasteiger partial charge in [-0.25, -0.2) is 4.79 Å². The Morgan fingerprint density at radius 3 is 2.81 bits per heavy atom. The van der Waals surface area contributed by atoms with Gasteiger partial charge in [0.2, 0.25) is 0 Å². The fraction of sp³-hybridized carbons (Fsp3) is 0.500. The molecule has 26 heavy (non-hydrogen) atoms. The molecule has 0 radical (unpaired) electrons. The van der Waals surface area contributed by atoms with Crippen LogP contribution in [0.2, 0.25) is 0 Å². The van der Waals surface area contributed by atoms with Gasteiger partial charge in [-0.1, -0.05) is 0 Å². The Kier molecular flexibility index (Phi) is 4.76. The zero-order valence-electron chi connectivity index (χ0n) is 15.5. The number of rotatable bonds is 3. The molecule has 0 fully saturated rings. The molecule has 3 rings (SSSR count). The molecule has 2 aromatic rings. The van der Waals surface area contributed by atoms with Crippen molar-refractivity contribution in [1.29, 1.82) is 0 Å². The molecule has 1 N–H and O–H groups in total. The van der Waals surface area contributed by atoms with Crippen LogP contribution in [0.25, 0.3) is 0 Å². The van der Waals surface area contributed by atoms with Gasteiger partial charge >= 0.3 is 6.09 Å². The van der Waals surface area contributed by atoms with Crippen LogP contribution in [0, 0.1) is 0 Å². The number of hydrogen-bond donors (Lipinski definition) is 1. The number of nitrogens with zero attached hydrogens (tertiary/aromatic N) is 3. The molecule has 0 aliphatic carbocycles. The number of ether oxygens (including phenoxy) is 1. The summed E-state index contributed by atoms with van der Waals surface area (Å²) in [5.74, 6) is 0.434. The molecule has 140 valence electrons. The average molecular weight is 360 g/mol. The second kappa shape index (κ2) is 6.86. The van der Waals surface area contributed by atoms with Crippen LogP contribution in [0.15, 0.2) is 22.8 Å². The number of amides is 2. The first-order valence-electron chi connectivity index (χ1n) is 8.58. The second-order valence-corrected chi connectivity index (χ2v) is 7.31. The summed E-state index contributed by atoms with van der Waals surface area (Å²) in [7, 11) is 1.78. The van der Waals surface area contributed by atoms with E-state index in [1.807, 2.05) is 20.8 Å². The Bertz CT molecular complexity index is 802. The Hall–Kier alpha value is -2.77. The highest BCUT2D eigenvalue weighted by atomic mass is 16.6. The third-order valence-electron chi connectivity index (χ3n) is 4.12. The Labute approximate surface area is 152 Å². The second-order valence-electron chi connectivity index (χ2n) is 7.31. The molecule has 0 saturated heterocycles. The average Bonchev–Trinajstić information content (AvgIpc) is 3.19. The zero-order valence-corrected chi connectivity index (χ0v) is 15.5. The van der Waals surface area contributed by atoms with E-state index in [1.165, 1.54) is 0 Å². The van der Waals surface area contributed by atoms with Crippen LogP contribution in [0.1, 0.15) is 48.3 Å². The molecule has 0 unspecified atom stereocenters. The number of furan rings is 1. The van der Waals surface area contributed by atoms with Crippen molar-refractivity contribution in [2.24, 2.45) is 7.05 Å². The Morgan fingerprint density at radius 1 is 1.38 bits per heavy atom. The Balaban J connectivity index is 1.70. The van der Waals surface area contributed by atoms with Crippen molar-refractivity contribution >= 4 is 12.0 Å². The quantitative estimate of drug-likeness (QED) is 0.907. The van der Waals surface area contributed by atoms with E-state index >= 15 is 0 Å². The highest BCUT2D eigenvalue weighted by Gasteiger charge is 2.31. The maximum absolute atomic E-state index is 12.5. The van der Waals surface area contributed by atoms with Gasteiger partial charge in [0.05, 0.1) is 25.0 Å². The number of carbonyl (C=O) groups excluding carboxylic acids is 2. The minimum absolute atomic E-state index is 0.246. The number of fused-ring (bicyclic) bond motifs is 1. The fourth-order valence-corrected chi connectivity index (χ4v) is 2.90. The van der Waals surface area contributed by atoms with E-state index in [4.69, 9.17) is 9.15 Å². The topological polar surface area (TPSA) is 89.6 Å². The molecule has 2 amide bonds. The number of carbonyl (C=O) groups is 2. The third kappa shape index (κ3) is 3.89. The zero-order chi connectivity index (χ0) is 18.9. The molecular weight excluding hydrogens is 336 g/mol. The maximum Gasteiger partial charge on any atom is 0.410 e. The van der Waals surface area contributed by atoms with Crippen molar-refractivity contribution in [1.82, 2.24) is 20.0 Å². The van der Waals surface area contributed by atoms with Crippen molar-refractivity contribution in [2.45, 2.75) is 45.9 Å². The van der Waals surface area contributed by atoms with E-state index in [0.29, 0.717) is 37.5 Å². The van der Waals surface area contributed by atoms with Crippen LogP contribution in [-0.2, 0) is 31.3 Å². The van der Waals surface area contributed by atoms with E-state index in [1.54, 1.807) is 35.0 Å². The first kappa shape index (κ1) is 18.0. The molecule has 0 bridgehead atoms. The van der Waals surface area contributed by atoms with E-state index in [0.717, 1.165) is 11.3 Å². The first-order chi connectivity index (χ1) is 12.2. The lowest BCUT2D eigenvalue weighted by Crippen LogP contribution is -2.40. The molecule has 0 aromatic carbocycles. The van der Waals surface area contributed by atoms with Crippen molar-refractivity contribution in [3.05, 3.63) is 41.1 Å². The lowest BCUT2D eigenvalue weighted by atomic mass is 10.0. The summed E-state index contributed by atoms with van der Waals surface area (Å²) in [6.45, 7) is 6.69. The summed E-state index contributed by atoms with van der Waals surface area (Å²) in [4.78, 5) is 26.4. The predicted molar refractivity (Wildman–Crippen MR) is 93.4 cm³/mol. The summed E-state index contributed by atoms with van der Waals surface area (Å²) in [5.41, 5.74) is 1.59. The van der Waals surface area contributed by atoms with Gasteiger partial charge in [-0.15, -0.1) is 0 Å². The molecule has 8 nitrogen and oxygen atoms in total. The van der Waals surface area contributed by atoms with Gasteiger partial charge in [0.15, 0.2) is 5.69 Å². The number of aromatic nitrogens is 2. The SMILES string of the molecule is Cn1nc(C(=O)NCc2ccco2)c2c1CN(C(=O)OC(C)(C)C)CC2. The normalized spacial score (nSPS) is 14.1. The molecule has 0 atom stereocenters. The van der Waals surface area contributed by atoms with Crippen LogP contribution < -0.4 is 5.32 Å². The lowest BCUT2D eigenvalue weighted by Gasteiger charge is -2.30. The maximum atomic E-state index is 12.5. The van der Waals surface area contributed by atoms with Crippen LogP contribution >= 0.6 is 0 Å². The van der Waals surface area contributed by atoms with Gasteiger partial charge in [-0.3, -0.25) is 9.48 Å². The van der Waals surface area contributed by atoms with Gasteiger partial charge in [0.25, 0.3) is 5.91 Å². The summed E-state index contributed by atoms with van der Waals surface area (Å²) >= 11 is 0. The minimum atomic E-state index is -0.541. The van der Waals surface area contributed by atoms with Gasteiger partial charge in [0, 0.05) is 19.2 Å². The summed E-state index contributed by atoms with van der Waals surface area (Å²) in [6, 6.07) is 3.57. The van der Waals surface area contributed by atoms with E-state index in [-0.39, 0.29) is 12.0 Å². The third-order valence-corrected chi connectivity index (χ3v) is 4.12. The number of aryl methyl sites for hydroxylation is 1. The van der Waals surface area contributed by atoms with E-state index < -0.39 is 5.60 Å². The molecule has 2 aromatic heterocycles. The van der Waals surface area contributed by atoms with Gasteiger partial charge < -0.3 is 19.4 Å². The monoisotopic (exact) mass is 360 g/mol. The molecule has 0 saturated carbocycles. The molecule has 1 aliphatic heterocycles. The lowest BCUT2D eigenvalue weighted by molar-refractivity contribution is 0.0219. The van der Waals surface area contributed by atoms with Crippen LogP contribution in [0.5, 0.6) is 0 Å². The predicted octanol–water partition coefficient (Wildman–Crippen LogP) is 2.24.